The smallest absolute Gasteiger partial charge is 0.337 e. The Bertz CT molecular complexity index is 712. The van der Waals surface area contributed by atoms with Gasteiger partial charge in [-0.15, -0.1) is 0 Å². The van der Waals surface area contributed by atoms with Gasteiger partial charge < -0.3 is 14.5 Å². The lowest BCUT2D eigenvalue weighted by atomic mass is 10.1. The van der Waals surface area contributed by atoms with Gasteiger partial charge in [0.2, 0.25) is 5.75 Å². The van der Waals surface area contributed by atoms with Crippen LogP contribution in [0.2, 0.25) is 0 Å². The minimum atomic E-state index is -0.686. The fraction of sp³-hybridized carbons (Fsp3) is 0.154. The number of methoxy groups -OCH3 is 2. The molecule has 0 bridgehead atoms. The van der Waals surface area contributed by atoms with E-state index in [9.17, 15) is 14.0 Å². The Morgan fingerprint density at radius 3 is 2.70 bits per heavy atom. The van der Waals surface area contributed by atoms with Gasteiger partial charge in [-0.05, 0) is 18.2 Å². The molecule has 6 nitrogen and oxygen atoms in total. The molecule has 7 heteroatoms. The zero-order chi connectivity index (χ0) is 14.7. The number of carbonyl (C=O) groups is 1. The van der Waals surface area contributed by atoms with E-state index in [1.54, 1.807) is 0 Å². The summed E-state index contributed by atoms with van der Waals surface area (Å²) in [6.07, 6.45) is 1.17. The average molecular weight is 278 g/mol. The first-order valence-corrected chi connectivity index (χ1v) is 5.57. The van der Waals surface area contributed by atoms with Gasteiger partial charge in [0, 0.05) is 5.56 Å². The lowest BCUT2D eigenvalue weighted by molar-refractivity contribution is 0.0600. The number of benzene rings is 1. The molecule has 1 aromatic heterocycles. The summed E-state index contributed by atoms with van der Waals surface area (Å²) in [6.45, 7) is 0. The van der Waals surface area contributed by atoms with Gasteiger partial charge in [-0.2, -0.15) is 0 Å². The van der Waals surface area contributed by atoms with Gasteiger partial charge in [-0.25, -0.2) is 14.2 Å². The molecular formula is C13H11FN2O4. The highest BCUT2D eigenvalue weighted by Gasteiger charge is 2.15. The molecule has 1 aromatic carbocycles. The minimum absolute atomic E-state index is 0.0200. The minimum Gasteiger partial charge on any atom is -0.490 e. The second-order valence-corrected chi connectivity index (χ2v) is 3.83. The third-order valence-corrected chi connectivity index (χ3v) is 2.61. The third kappa shape index (κ3) is 2.51. The maximum atomic E-state index is 13.6. The van der Waals surface area contributed by atoms with Crippen molar-refractivity contribution >= 4 is 5.97 Å². The SMILES string of the molecule is COC(=O)c1cc(F)cc(-c2nc[nH]c(=O)c2OC)c1. The predicted molar refractivity (Wildman–Crippen MR) is 68.1 cm³/mol. The van der Waals surface area contributed by atoms with E-state index in [2.05, 4.69) is 14.7 Å². The Hall–Kier alpha value is -2.70. The quantitative estimate of drug-likeness (QED) is 0.857. The number of hydrogen-bond acceptors (Lipinski definition) is 5. The molecule has 0 atom stereocenters. The standard InChI is InChI=1S/C13H11FN2O4/c1-19-11-10(15-6-16-12(11)17)7-3-8(13(18)20-2)5-9(14)4-7/h3-6H,1-2H3,(H,15,16,17). The molecule has 1 heterocycles. The number of rotatable bonds is 3. The molecule has 0 radical (unpaired) electrons. The highest BCUT2D eigenvalue weighted by atomic mass is 19.1. The van der Waals surface area contributed by atoms with E-state index in [-0.39, 0.29) is 22.6 Å². The van der Waals surface area contributed by atoms with Crippen molar-refractivity contribution in [2.24, 2.45) is 0 Å². The van der Waals surface area contributed by atoms with Crippen LogP contribution >= 0.6 is 0 Å². The topological polar surface area (TPSA) is 81.3 Å². The maximum Gasteiger partial charge on any atom is 0.337 e. The summed E-state index contributed by atoms with van der Waals surface area (Å²) in [7, 11) is 2.50. The van der Waals surface area contributed by atoms with Crippen LogP contribution in [0.4, 0.5) is 4.39 Å². The van der Waals surface area contributed by atoms with E-state index in [4.69, 9.17) is 4.74 Å². The summed E-state index contributed by atoms with van der Waals surface area (Å²) in [5.41, 5.74) is -0.0951. The van der Waals surface area contributed by atoms with Crippen molar-refractivity contribution in [2.45, 2.75) is 0 Å². The number of aromatic amines is 1. The average Bonchev–Trinajstić information content (AvgIpc) is 2.45. The molecule has 0 amide bonds. The lowest BCUT2D eigenvalue weighted by Gasteiger charge is -2.08. The molecular weight excluding hydrogens is 267 g/mol. The van der Waals surface area contributed by atoms with Crippen LogP contribution in [0.3, 0.4) is 0 Å². The van der Waals surface area contributed by atoms with Crippen molar-refractivity contribution in [3.63, 3.8) is 0 Å². The van der Waals surface area contributed by atoms with Crippen LogP contribution in [-0.4, -0.2) is 30.2 Å². The van der Waals surface area contributed by atoms with Crippen LogP contribution in [0, 0.1) is 5.82 Å². The summed E-state index contributed by atoms with van der Waals surface area (Å²) in [5, 5.41) is 0. The molecule has 20 heavy (non-hydrogen) atoms. The summed E-state index contributed by atoms with van der Waals surface area (Å²) >= 11 is 0. The van der Waals surface area contributed by atoms with Gasteiger partial charge in [0.15, 0.2) is 0 Å². The number of esters is 1. The number of halogens is 1. The van der Waals surface area contributed by atoms with Crippen molar-refractivity contribution in [1.82, 2.24) is 9.97 Å². The van der Waals surface area contributed by atoms with E-state index >= 15 is 0 Å². The Balaban J connectivity index is 2.64. The van der Waals surface area contributed by atoms with Gasteiger partial charge >= 0.3 is 5.97 Å². The molecule has 0 spiro atoms. The Morgan fingerprint density at radius 2 is 2.05 bits per heavy atom. The number of H-pyrrole nitrogens is 1. The first-order chi connectivity index (χ1) is 9.56. The monoisotopic (exact) mass is 278 g/mol. The van der Waals surface area contributed by atoms with E-state index in [0.717, 1.165) is 12.1 Å². The zero-order valence-corrected chi connectivity index (χ0v) is 10.8. The van der Waals surface area contributed by atoms with Gasteiger partial charge in [-0.3, -0.25) is 4.79 Å². The van der Waals surface area contributed by atoms with Gasteiger partial charge in [0.05, 0.1) is 26.1 Å². The number of ether oxygens (including phenoxy) is 2. The Kier molecular flexibility index (Phi) is 3.79. The molecule has 0 unspecified atom stereocenters. The van der Waals surface area contributed by atoms with E-state index in [1.807, 2.05) is 0 Å². The van der Waals surface area contributed by atoms with Crippen molar-refractivity contribution in [2.75, 3.05) is 14.2 Å². The Morgan fingerprint density at radius 1 is 1.30 bits per heavy atom. The van der Waals surface area contributed by atoms with Crippen molar-refractivity contribution in [3.8, 4) is 17.0 Å². The highest BCUT2D eigenvalue weighted by molar-refractivity contribution is 5.91. The second-order valence-electron chi connectivity index (χ2n) is 3.83. The first kappa shape index (κ1) is 13.7. The molecule has 0 aliphatic carbocycles. The largest absolute Gasteiger partial charge is 0.490 e. The molecule has 2 aromatic rings. The molecule has 104 valence electrons. The number of aromatic nitrogens is 2. The summed E-state index contributed by atoms with van der Waals surface area (Å²) in [6, 6.07) is 3.56. The third-order valence-electron chi connectivity index (χ3n) is 2.61. The molecule has 0 saturated heterocycles. The van der Waals surface area contributed by atoms with Crippen LogP contribution in [0.25, 0.3) is 11.3 Å². The van der Waals surface area contributed by atoms with Gasteiger partial charge in [0.25, 0.3) is 5.56 Å². The number of nitrogens with zero attached hydrogens (tertiary/aromatic N) is 1. The van der Waals surface area contributed by atoms with Crippen LogP contribution in [0.1, 0.15) is 10.4 Å². The number of hydrogen-bond donors (Lipinski definition) is 1. The van der Waals surface area contributed by atoms with E-state index in [1.165, 1.54) is 26.6 Å². The molecule has 0 aliphatic rings. The molecule has 0 fully saturated rings. The fourth-order valence-corrected chi connectivity index (χ4v) is 1.74. The van der Waals surface area contributed by atoms with Crippen LogP contribution in [0.15, 0.2) is 29.3 Å². The first-order valence-electron chi connectivity index (χ1n) is 5.57. The van der Waals surface area contributed by atoms with Crippen molar-refractivity contribution in [3.05, 3.63) is 46.3 Å². The van der Waals surface area contributed by atoms with Gasteiger partial charge in [-0.1, -0.05) is 0 Å². The van der Waals surface area contributed by atoms with Gasteiger partial charge in [0.1, 0.15) is 11.5 Å². The molecule has 2 rings (SSSR count). The fourth-order valence-electron chi connectivity index (χ4n) is 1.74. The van der Waals surface area contributed by atoms with E-state index < -0.39 is 17.3 Å². The van der Waals surface area contributed by atoms with Crippen LogP contribution < -0.4 is 10.3 Å². The number of nitrogens with one attached hydrogen (secondary N) is 1. The highest BCUT2D eigenvalue weighted by Crippen LogP contribution is 2.26. The lowest BCUT2D eigenvalue weighted by Crippen LogP contribution is -2.11. The summed E-state index contributed by atoms with van der Waals surface area (Å²) in [4.78, 5) is 29.4. The molecule has 1 N–H and O–H groups in total. The van der Waals surface area contributed by atoms with Crippen molar-refractivity contribution < 1.29 is 18.7 Å². The van der Waals surface area contributed by atoms with Crippen LogP contribution in [0.5, 0.6) is 5.75 Å². The Labute approximate surface area is 113 Å². The zero-order valence-electron chi connectivity index (χ0n) is 10.8. The molecule has 0 saturated carbocycles. The predicted octanol–water partition coefficient (Wildman–Crippen LogP) is 1.37. The number of carbonyl (C=O) groups excluding carboxylic acids is 1. The summed E-state index contributed by atoms with van der Waals surface area (Å²) < 4.78 is 23.1. The maximum absolute atomic E-state index is 13.6. The van der Waals surface area contributed by atoms with Crippen LogP contribution in [-0.2, 0) is 4.74 Å². The second kappa shape index (κ2) is 5.52. The van der Waals surface area contributed by atoms with E-state index in [0.29, 0.717) is 0 Å². The summed E-state index contributed by atoms with van der Waals surface area (Å²) in [5.74, 6) is -1.39. The van der Waals surface area contributed by atoms with Crippen molar-refractivity contribution in [1.29, 1.82) is 0 Å². The normalized spacial score (nSPS) is 10.2. The molecule has 0 aliphatic heterocycles.